The predicted molar refractivity (Wildman–Crippen MR) is 177 cm³/mol. The number of carbonyl (C=O) groups is 4. The average molecular weight is 651 g/mol. The number of carboxylic acid groups (broad SMARTS) is 2. The highest BCUT2D eigenvalue weighted by Gasteiger charge is 2.64. The van der Waals surface area contributed by atoms with Crippen LogP contribution in [0.15, 0.2) is 109 Å². The Balaban J connectivity index is 1.27. The molecule has 10 heteroatoms. The van der Waals surface area contributed by atoms with E-state index in [0.29, 0.717) is 23.0 Å². The van der Waals surface area contributed by atoms with Gasteiger partial charge in [-0.1, -0.05) is 60.7 Å². The average Bonchev–Trinajstić information content (AvgIpc) is 3.07. The van der Waals surface area contributed by atoms with Gasteiger partial charge in [-0.2, -0.15) is 0 Å². The smallest absolute Gasteiger partial charge is 0.308 e. The number of hydrogen-bond acceptors (Lipinski definition) is 6. The van der Waals surface area contributed by atoms with Crippen LogP contribution >= 0.6 is 0 Å². The Morgan fingerprint density at radius 3 is 1.10 bits per heavy atom. The van der Waals surface area contributed by atoms with Crippen molar-refractivity contribution in [3.05, 3.63) is 120 Å². The summed E-state index contributed by atoms with van der Waals surface area (Å²) in [6.45, 7) is 4.21. The van der Waals surface area contributed by atoms with Crippen molar-refractivity contribution in [1.29, 1.82) is 0 Å². The van der Waals surface area contributed by atoms with Crippen LogP contribution in [0.4, 0.5) is 0 Å². The molecule has 0 atom stereocenters. The lowest BCUT2D eigenvalue weighted by Crippen LogP contribution is -2.64. The quantitative estimate of drug-likeness (QED) is 0.162. The van der Waals surface area contributed by atoms with Crippen LogP contribution in [0.25, 0.3) is 0 Å². The zero-order valence-corrected chi connectivity index (χ0v) is 26.8. The maximum atomic E-state index is 13.8. The lowest BCUT2D eigenvalue weighted by Gasteiger charge is -2.48. The zero-order chi connectivity index (χ0) is 34.2. The summed E-state index contributed by atoms with van der Waals surface area (Å²) in [4.78, 5) is 55.5. The van der Waals surface area contributed by atoms with E-state index in [9.17, 15) is 29.4 Å². The monoisotopic (exact) mass is 650 g/mol. The van der Waals surface area contributed by atoms with Crippen molar-refractivity contribution in [1.82, 2.24) is 9.80 Å². The lowest BCUT2D eigenvalue weighted by molar-refractivity contribution is -0.187. The van der Waals surface area contributed by atoms with Gasteiger partial charge in [-0.25, -0.2) is 0 Å². The number of carbonyl (C=O) groups excluding carboxylic acids is 2. The van der Waals surface area contributed by atoms with Gasteiger partial charge in [0.05, 0.1) is 23.7 Å². The Hall–Kier alpha value is -5.64. The standard InChI is InChI=1S/C38H38N2O8/c1-3-39(23-25-15-19-29(20-16-25)47-27-11-7-5-8-12-27)35(41)31-33(37(43)44)32(34(31)38(45)46)36(42)40(4-2)24-26-17-21-30(22-18-26)48-28-13-9-6-10-14-28/h5-22,31-34H,3-4,23-24H2,1-2H3,(H,43,44)(H,45,46)/t31-,32-,33-,34-. The fraction of sp³-hybridized carbons (Fsp3) is 0.263. The van der Waals surface area contributed by atoms with E-state index in [2.05, 4.69) is 0 Å². The minimum Gasteiger partial charge on any atom is -0.481 e. The first-order valence-electron chi connectivity index (χ1n) is 15.9. The number of nitrogens with zero attached hydrogens (tertiary/aromatic N) is 2. The summed E-state index contributed by atoms with van der Waals surface area (Å²) in [7, 11) is 0. The van der Waals surface area contributed by atoms with Crippen molar-refractivity contribution in [2.75, 3.05) is 13.1 Å². The molecule has 0 aromatic heterocycles. The second kappa shape index (κ2) is 15.3. The molecule has 4 aromatic rings. The highest BCUT2D eigenvalue weighted by atomic mass is 16.5. The molecule has 0 heterocycles. The van der Waals surface area contributed by atoms with E-state index < -0.39 is 47.4 Å². The van der Waals surface area contributed by atoms with Crippen molar-refractivity contribution in [2.24, 2.45) is 23.7 Å². The van der Waals surface area contributed by atoms with E-state index in [4.69, 9.17) is 9.47 Å². The highest BCUT2D eigenvalue weighted by molar-refractivity contribution is 5.99. The Morgan fingerprint density at radius 1 is 0.500 bits per heavy atom. The van der Waals surface area contributed by atoms with Crippen LogP contribution in [0, 0.1) is 23.7 Å². The fourth-order valence-corrected chi connectivity index (χ4v) is 6.11. The molecule has 0 bridgehead atoms. The first-order valence-corrected chi connectivity index (χ1v) is 15.9. The summed E-state index contributed by atoms with van der Waals surface area (Å²) >= 11 is 0. The summed E-state index contributed by atoms with van der Waals surface area (Å²) in [5.74, 6) is -7.12. The number of amides is 2. The molecule has 4 aromatic carbocycles. The molecule has 1 aliphatic rings. The summed E-state index contributed by atoms with van der Waals surface area (Å²) in [6, 6.07) is 32.8. The van der Waals surface area contributed by atoms with E-state index >= 15 is 0 Å². The van der Waals surface area contributed by atoms with Crippen LogP contribution in [0.5, 0.6) is 23.0 Å². The minimum absolute atomic E-state index is 0.139. The van der Waals surface area contributed by atoms with Gasteiger partial charge in [0.1, 0.15) is 23.0 Å². The van der Waals surface area contributed by atoms with Crippen LogP contribution in [-0.4, -0.2) is 56.9 Å². The zero-order valence-electron chi connectivity index (χ0n) is 26.8. The number of benzene rings is 4. The van der Waals surface area contributed by atoms with Gasteiger partial charge in [-0.15, -0.1) is 0 Å². The Kier molecular flexibility index (Phi) is 10.7. The van der Waals surface area contributed by atoms with E-state index in [1.54, 1.807) is 62.4 Å². The summed E-state index contributed by atoms with van der Waals surface area (Å²) in [5, 5.41) is 20.4. The summed E-state index contributed by atoms with van der Waals surface area (Å²) in [6.07, 6.45) is 0. The lowest BCUT2D eigenvalue weighted by atomic mass is 9.55. The summed E-state index contributed by atoms with van der Waals surface area (Å²) in [5.41, 5.74) is 1.52. The van der Waals surface area contributed by atoms with Gasteiger partial charge >= 0.3 is 11.9 Å². The molecule has 248 valence electrons. The number of rotatable bonds is 14. The minimum atomic E-state index is -1.47. The van der Waals surface area contributed by atoms with Crippen molar-refractivity contribution in [3.8, 4) is 23.0 Å². The SMILES string of the molecule is CCN(Cc1ccc(Oc2ccccc2)cc1)C(=O)[C@H]1[C@H](C(=O)O)[C@H](C(=O)N(CC)Cc2ccc(Oc3ccccc3)cc2)[C@H]1C(=O)O. The van der Waals surface area contributed by atoms with E-state index in [1.807, 2.05) is 60.7 Å². The normalized spacial score (nSPS) is 18.2. The third kappa shape index (κ3) is 7.66. The molecule has 0 spiro atoms. The van der Waals surface area contributed by atoms with Gasteiger partial charge in [0.15, 0.2) is 0 Å². The molecular weight excluding hydrogens is 612 g/mol. The molecule has 1 saturated carbocycles. The number of carboxylic acids is 2. The van der Waals surface area contributed by atoms with E-state index in [-0.39, 0.29) is 26.2 Å². The Labute approximate surface area is 279 Å². The number of para-hydroxylation sites is 2. The van der Waals surface area contributed by atoms with Crippen LogP contribution in [0.1, 0.15) is 25.0 Å². The van der Waals surface area contributed by atoms with Crippen LogP contribution in [0.2, 0.25) is 0 Å². The van der Waals surface area contributed by atoms with Gasteiger partial charge in [0.2, 0.25) is 11.8 Å². The summed E-state index contributed by atoms with van der Waals surface area (Å²) < 4.78 is 11.7. The van der Waals surface area contributed by atoms with Gasteiger partial charge in [-0.3, -0.25) is 19.2 Å². The molecule has 1 fully saturated rings. The first-order chi connectivity index (χ1) is 23.2. The van der Waals surface area contributed by atoms with E-state index in [1.165, 1.54) is 9.80 Å². The van der Waals surface area contributed by atoms with Crippen molar-refractivity contribution in [3.63, 3.8) is 0 Å². The number of hydrogen-bond donors (Lipinski definition) is 2. The molecule has 48 heavy (non-hydrogen) atoms. The third-order valence-corrected chi connectivity index (χ3v) is 8.63. The maximum absolute atomic E-state index is 13.8. The molecule has 0 unspecified atom stereocenters. The van der Waals surface area contributed by atoms with Crippen molar-refractivity contribution < 1.29 is 38.9 Å². The fourth-order valence-electron chi connectivity index (χ4n) is 6.11. The third-order valence-electron chi connectivity index (χ3n) is 8.63. The molecule has 5 rings (SSSR count). The molecule has 0 aliphatic heterocycles. The van der Waals surface area contributed by atoms with Crippen LogP contribution < -0.4 is 9.47 Å². The second-order valence-corrected chi connectivity index (χ2v) is 11.6. The molecule has 1 aliphatic carbocycles. The van der Waals surface area contributed by atoms with E-state index in [0.717, 1.165) is 11.1 Å². The topological polar surface area (TPSA) is 134 Å². The Morgan fingerprint density at radius 2 is 0.812 bits per heavy atom. The molecule has 2 amide bonds. The molecule has 0 saturated heterocycles. The molecule has 10 nitrogen and oxygen atoms in total. The number of aliphatic carboxylic acids is 2. The van der Waals surface area contributed by atoms with Crippen LogP contribution in [0.3, 0.4) is 0 Å². The van der Waals surface area contributed by atoms with Gasteiger partial charge in [0, 0.05) is 26.2 Å². The Bertz CT molecular complexity index is 1570. The first kappa shape index (κ1) is 33.7. The van der Waals surface area contributed by atoms with Gasteiger partial charge < -0.3 is 29.5 Å². The van der Waals surface area contributed by atoms with Crippen molar-refractivity contribution >= 4 is 23.8 Å². The molecular formula is C38H38N2O8. The number of ether oxygens (including phenoxy) is 2. The highest BCUT2D eigenvalue weighted by Crippen LogP contribution is 2.49. The van der Waals surface area contributed by atoms with Crippen molar-refractivity contribution in [2.45, 2.75) is 26.9 Å². The van der Waals surface area contributed by atoms with Gasteiger partial charge in [0.25, 0.3) is 0 Å². The van der Waals surface area contributed by atoms with Crippen LogP contribution in [-0.2, 0) is 32.3 Å². The largest absolute Gasteiger partial charge is 0.481 e. The van der Waals surface area contributed by atoms with Gasteiger partial charge in [-0.05, 0) is 73.5 Å². The predicted octanol–water partition coefficient (Wildman–Crippen LogP) is 6.32. The second-order valence-electron chi connectivity index (χ2n) is 11.6. The molecule has 2 N–H and O–H groups in total. The maximum Gasteiger partial charge on any atom is 0.308 e. The molecule has 0 radical (unpaired) electrons.